The maximum atomic E-state index is 13.4. The Morgan fingerprint density at radius 2 is 1.90 bits per heavy atom. The molecule has 0 aliphatic heterocycles. The molecule has 0 atom stereocenters. The van der Waals surface area contributed by atoms with E-state index in [-0.39, 0.29) is 11.8 Å². The summed E-state index contributed by atoms with van der Waals surface area (Å²) in [6.07, 6.45) is 0. The summed E-state index contributed by atoms with van der Waals surface area (Å²) in [6, 6.07) is 6.73. The van der Waals surface area contributed by atoms with Gasteiger partial charge < -0.3 is 10.6 Å². The molecule has 0 unspecified atom stereocenters. The molecule has 1 aromatic carbocycles. The first-order valence-corrected chi connectivity index (χ1v) is 7.24. The monoisotopic (exact) mass is 292 g/mol. The average Bonchev–Trinajstić information content (AvgIpc) is 2.83. The van der Waals surface area contributed by atoms with Gasteiger partial charge in [0, 0.05) is 11.4 Å². The third-order valence-corrected chi connectivity index (χ3v) is 4.09. The number of carbonyl (C=O) groups is 1. The van der Waals surface area contributed by atoms with Gasteiger partial charge in [-0.15, -0.1) is 11.3 Å². The number of benzene rings is 1. The fourth-order valence-corrected chi connectivity index (χ4v) is 2.58. The highest BCUT2D eigenvalue weighted by molar-refractivity contribution is 7.10. The summed E-state index contributed by atoms with van der Waals surface area (Å²) in [5.41, 5.74) is 2.53. The minimum atomic E-state index is -0.251. The van der Waals surface area contributed by atoms with Gasteiger partial charge in [0.05, 0.1) is 6.54 Å². The summed E-state index contributed by atoms with van der Waals surface area (Å²) in [5, 5.41) is 7.50. The lowest BCUT2D eigenvalue weighted by atomic mass is 10.1. The molecule has 2 amide bonds. The van der Waals surface area contributed by atoms with E-state index in [2.05, 4.69) is 10.6 Å². The number of thiophene rings is 1. The zero-order chi connectivity index (χ0) is 14.5. The topological polar surface area (TPSA) is 41.1 Å². The van der Waals surface area contributed by atoms with Gasteiger partial charge >= 0.3 is 6.03 Å². The Balaban J connectivity index is 1.80. The summed E-state index contributed by atoms with van der Waals surface area (Å²) in [5.74, 6) is -0.251. The summed E-state index contributed by atoms with van der Waals surface area (Å²) in [7, 11) is 0. The van der Waals surface area contributed by atoms with E-state index >= 15 is 0 Å². The SMILES string of the molecule is Cc1ccc(CNC(=O)NCc2sccc2C)cc1F. The quantitative estimate of drug-likeness (QED) is 0.889. The molecule has 2 N–H and O–H groups in total. The molecule has 0 spiro atoms. The number of carbonyl (C=O) groups excluding carboxylic acids is 1. The lowest BCUT2D eigenvalue weighted by Gasteiger charge is -2.08. The van der Waals surface area contributed by atoms with Crippen LogP contribution in [0.4, 0.5) is 9.18 Å². The van der Waals surface area contributed by atoms with Crippen LogP contribution in [0.15, 0.2) is 29.6 Å². The second-order valence-electron chi connectivity index (χ2n) is 4.65. The highest BCUT2D eigenvalue weighted by Gasteiger charge is 2.04. The molecule has 20 heavy (non-hydrogen) atoms. The first kappa shape index (κ1) is 14.5. The number of hydrogen-bond donors (Lipinski definition) is 2. The van der Waals surface area contributed by atoms with Crippen molar-refractivity contribution in [3.8, 4) is 0 Å². The van der Waals surface area contributed by atoms with Gasteiger partial charge in [0.2, 0.25) is 0 Å². The summed E-state index contributed by atoms with van der Waals surface area (Å²) >= 11 is 1.62. The first-order valence-electron chi connectivity index (χ1n) is 6.36. The summed E-state index contributed by atoms with van der Waals surface area (Å²) in [6.45, 7) is 4.55. The predicted octanol–water partition coefficient (Wildman–Crippen LogP) is 3.50. The van der Waals surface area contributed by atoms with Crippen molar-refractivity contribution in [3.05, 3.63) is 57.0 Å². The Kier molecular flexibility index (Phi) is 4.74. The number of hydrogen-bond acceptors (Lipinski definition) is 2. The first-order chi connectivity index (χ1) is 9.56. The van der Waals surface area contributed by atoms with E-state index in [0.29, 0.717) is 18.7 Å². The zero-order valence-corrected chi connectivity index (χ0v) is 12.3. The van der Waals surface area contributed by atoms with Crippen molar-refractivity contribution in [1.29, 1.82) is 0 Å². The van der Waals surface area contributed by atoms with Crippen molar-refractivity contribution >= 4 is 17.4 Å². The number of rotatable bonds is 4. The van der Waals surface area contributed by atoms with Crippen LogP contribution in [0.1, 0.15) is 21.6 Å². The van der Waals surface area contributed by atoms with Gasteiger partial charge in [-0.3, -0.25) is 0 Å². The van der Waals surface area contributed by atoms with Crippen LogP contribution < -0.4 is 10.6 Å². The van der Waals surface area contributed by atoms with E-state index in [9.17, 15) is 9.18 Å². The molecule has 0 aliphatic carbocycles. The van der Waals surface area contributed by atoms with Crippen LogP contribution in [0.3, 0.4) is 0 Å². The largest absolute Gasteiger partial charge is 0.334 e. The molecule has 2 aromatic rings. The zero-order valence-electron chi connectivity index (χ0n) is 11.5. The molecular weight excluding hydrogens is 275 g/mol. The van der Waals surface area contributed by atoms with Crippen LogP contribution in [0.25, 0.3) is 0 Å². The molecule has 1 aromatic heterocycles. The molecule has 106 valence electrons. The maximum absolute atomic E-state index is 13.4. The lowest BCUT2D eigenvalue weighted by Crippen LogP contribution is -2.34. The third kappa shape index (κ3) is 3.81. The molecule has 0 saturated heterocycles. The molecule has 1 heterocycles. The molecule has 0 radical (unpaired) electrons. The van der Waals surface area contributed by atoms with E-state index in [1.54, 1.807) is 24.3 Å². The number of halogens is 1. The third-order valence-electron chi connectivity index (χ3n) is 3.07. The fourth-order valence-electron chi connectivity index (χ4n) is 1.74. The molecule has 0 aliphatic rings. The van der Waals surface area contributed by atoms with Gasteiger partial charge in [0.1, 0.15) is 5.82 Å². The Morgan fingerprint density at radius 1 is 1.15 bits per heavy atom. The highest BCUT2D eigenvalue weighted by Crippen LogP contribution is 2.14. The van der Waals surface area contributed by atoms with Gasteiger partial charge in [-0.1, -0.05) is 12.1 Å². The van der Waals surface area contributed by atoms with Crippen LogP contribution >= 0.6 is 11.3 Å². The average molecular weight is 292 g/mol. The molecule has 3 nitrogen and oxygen atoms in total. The molecular formula is C15H17FN2OS. The summed E-state index contributed by atoms with van der Waals surface area (Å²) in [4.78, 5) is 12.8. The Morgan fingerprint density at radius 3 is 2.55 bits per heavy atom. The van der Waals surface area contributed by atoms with Crippen LogP contribution in [0.2, 0.25) is 0 Å². The van der Waals surface area contributed by atoms with E-state index in [1.807, 2.05) is 24.4 Å². The van der Waals surface area contributed by atoms with Crippen LogP contribution in [0.5, 0.6) is 0 Å². The Labute approximate surface area is 121 Å². The van der Waals surface area contributed by atoms with Crippen molar-refractivity contribution in [2.24, 2.45) is 0 Å². The van der Waals surface area contributed by atoms with Crippen molar-refractivity contribution in [1.82, 2.24) is 10.6 Å². The van der Waals surface area contributed by atoms with Gasteiger partial charge in [-0.05, 0) is 48.1 Å². The molecule has 0 saturated carbocycles. The van der Waals surface area contributed by atoms with Crippen molar-refractivity contribution in [2.75, 3.05) is 0 Å². The van der Waals surface area contributed by atoms with Crippen molar-refractivity contribution in [3.63, 3.8) is 0 Å². The standard InChI is InChI=1S/C15H17FN2OS/c1-10-3-4-12(7-13(10)16)8-17-15(19)18-9-14-11(2)5-6-20-14/h3-7H,8-9H2,1-2H3,(H2,17,18,19). The van der Waals surface area contributed by atoms with Gasteiger partial charge in [-0.2, -0.15) is 0 Å². The fraction of sp³-hybridized carbons (Fsp3) is 0.267. The van der Waals surface area contributed by atoms with Crippen LogP contribution in [-0.4, -0.2) is 6.03 Å². The minimum Gasteiger partial charge on any atom is -0.334 e. The summed E-state index contributed by atoms with van der Waals surface area (Å²) < 4.78 is 13.4. The predicted molar refractivity (Wildman–Crippen MR) is 79.3 cm³/mol. The van der Waals surface area contributed by atoms with Gasteiger partial charge in [0.15, 0.2) is 0 Å². The molecule has 5 heteroatoms. The highest BCUT2D eigenvalue weighted by atomic mass is 32.1. The van der Waals surface area contributed by atoms with Crippen LogP contribution in [-0.2, 0) is 13.1 Å². The van der Waals surface area contributed by atoms with Crippen LogP contribution in [0, 0.1) is 19.7 Å². The Bertz CT molecular complexity index is 610. The van der Waals surface area contributed by atoms with E-state index in [1.165, 1.54) is 11.6 Å². The second-order valence-corrected chi connectivity index (χ2v) is 5.65. The van der Waals surface area contributed by atoms with E-state index in [0.717, 1.165) is 10.4 Å². The number of amides is 2. The van der Waals surface area contributed by atoms with Gasteiger partial charge in [0.25, 0.3) is 0 Å². The minimum absolute atomic E-state index is 0.251. The lowest BCUT2D eigenvalue weighted by molar-refractivity contribution is 0.240. The number of aryl methyl sites for hydroxylation is 2. The molecule has 2 rings (SSSR count). The molecule has 0 bridgehead atoms. The second kappa shape index (κ2) is 6.52. The van der Waals surface area contributed by atoms with E-state index in [4.69, 9.17) is 0 Å². The van der Waals surface area contributed by atoms with E-state index < -0.39 is 0 Å². The molecule has 0 fully saturated rings. The maximum Gasteiger partial charge on any atom is 0.315 e. The number of urea groups is 1. The normalized spacial score (nSPS) is 10.3. The number of nitrogens with one attached hydrogen (secondary N) is 2. The van der Waals surface area contributed by atoms with Crippen molar-refractivity contribution in [2.45, 2.75) is 26.9 Å². The van der Waals surface area contributed by atoms with Crippen molar-refractivity contribution < 1.29 is 9.18 Å². The van der Waals surface area contributed by atoms with Gasteiger partial charge in [-0.25, -0.2) is 9.18 Å². The smallest absolute Gasteiger partial charge is 0.315 e. The Hall–Kier alpha value is -1.88.